The fourth-order valence-corrected chi connectivity index (χ4v) is 1.89. The molecule has 0 radical (unpaired) electrons. The first kappa shape index (κ1) is 16.8. The molecule has 6 nitrogen and oxygen atoms in total. The van der Waals surface area contributed by atoms with E-state index >= 15 is 0 Å². The van der Waals surface area contributed by atoms with Gasteiger partial charge < -0.3 is 15.2 Å². The summed E-state index contributed by atoms with van der Waals surface area (Å²) in [5.41, 5.74) is -0.0288. The summed E-state index contributed by atoms with van der Waals surface area (Å²) < 4.78 is 5.20. The van der Waals surface area contributed by atoms with Gasteiger partial charge in [-0.2, -0.15) is 0 Å². The summed E-state index contributed by atoms with van der Waals surface area (Å²) in [5.74, 6) is -0.526. The van der Waals surface area contributed by atoms with E-state index in [2.05, 4.69) is 5.32 Å². The normalized spacial score (nSPS) is 12.4. The number of ether oxygens (including phenoxy) is 1. The highest BCUT2D eigenvalue weighted by Gasteiger charge is 2.33. The maximum Gasteiger partial charge on any atom is 0.326 e. The summed E-state index contributed by atoms with van der Waals surface area (Å²) >= 11 is 0. The Labute approximate surface area is 124 Å². The summed E-state index contributed by atoms with van der Waals surface area (Å²) in [7, 11) is 3.08. The van der Waals surface area contributed by atoms with Gasteiger partial charge in [-0.25, -0.2) is 9.59 Å². The summed E-state index contributed by atoms with van der Waals surface area (Å²) in [6, 6.07) is 5.55. The number of hydrogen-bond donors (Lipinski definition) is 2. The highest BCUT2D eigenvalue weighted by atomic mass is 16.5. The second-order valence-corrected chi connectivity index (χ2v) is 5.82. The molecule has 0 aliphatic carbocycles. The zero-order valence-corrected chi connectivity index (χ0v) is 13.0. The van der Waals surface area contributed by atoms with Crippen LogP contribution in [0.25, 0.3) is 0 Å². The predicted molar refractivity (Wildman–Crippen MR) is 80.8 cm³/mol. The first-order chi connectivity index (χ1) is 9.68. The number of carbonyl (C=O) groups excluding carboxylic acids is 1. The average Bonchev–Trinajstić information content (AvgIpc) is 2.41. The van der Waals surface area contributed by atoms with Crippen molar-refractivity contribution in [1.82, 2.24) is 5.32 Å². The van der Waals surface area contributed by atoms with Gasteiger partial charge in [-0.3, -0.25) is 4.90 Å². The number of carboxylic acids is 1. The Bertz CT molecular complexity index is 523. The molecule has 1 unspecified atom stereocenters. The molecule has 0 aliphatic heterocycles. The molecule has 0 heterocycles. The van der Waals surface area contributed by atoms with E-state index in [-0.39, 0.29) is 0 Å². The lowest BCUT2D eigenvalue weighted by molar-refractivity contribution is -0.141. The average molecular weight is 294 g/mol. The Kier molecular flexibility index (Phi) is 5.18. The number of methoxy groups -OCH3 is 1. The molecule has 0 saturated carbocycles. The monoisotopic (exact) mass is 294 g/mol. The van der Waals surface area contributed by atoms with Crippen LogP contribution < -0.4 is 15.0 Å². The van der Waals surface area contributed by atoms with E-state index in [1.54, 1.807) is 52.1 Å². The highest BCUT2D eigenvalue weighted by molar-refractivity contribution is 5.95. The minimum absolute atomic E-state index is 0.498. The van der Waals surface area contributed by atoms with E-state index in [9.17, 15) is 14.7 Å². The van der Waals surface area contributed by atoms with Crippen molar-refractivity contribution in [3.63, 3.8) is 0 Å². The summed E-state index contributed by atoms with van der Waals surface area (Å²) in [6.07, 6.45) is 0. The van der Waals surface area contributed by atoms with E-state index in [1.165, 1.54) is 12.0 Å². The lowest BCUT2D eigenvalue weighted by Gasteiger charge is -2.30. The van der Waals surface area contributed by atoms with Crippen LogP contribution in [0.1, 0.15) is 20.8 Å². The number of hydrogen-bond acceptors (Lipinski definition) is 3. The molecule has 0 aliphatic rings. The van der Waals surface area contributed by atoms with Crippen molar-refractivity contribution in [3.05, 3.63) is 24.3 Å². The van der Waals surface area contributed by atoms with Crippen LogP contribution in [0.15, 0.2) is 24.3 Å². The number of anilines is 1. The fourth-order valence-electron chi connectivity index (χ4n) is 1.89. The van der Waals surface area contributed by atoms with Gasteiger partial charge in [0.15, 0.2) is 0 Å². The van der Waals surface area contributed by atoms with E-state index in [1.807, 2.05) is 0 Å². The summed E-state index contributed by atoms with van der Waals surface area (Å²) in [6.45, 7) is 5.28. The number of carboxylic acid groups (broad SMARTS) is 1. The first-order valence-corrected chi connectivity index (χ1v) is 6.58. The van der Waals surface area contributed by atoms with Crippen molar-refractivity contribution >= 4 is 17.7 Å². The molecule has 0 saturated heterocycles. The molecular formula is C15H22N2O4. The smallest absolute Gasteiger partial charge is 0.326 e. The Morgan fingerprint density at radius 2 is 1.86 bits per heavy atom. The van der Waals surface area contributed by atoms with Gasteiger partial charge in [-0.1, -0.05) is 32.9 Å². The predicted octanol–water partition coefficient (Wildman–Crippen LogP) is 2.34. The Morgan fingerprint density at radius 1 is 1.29 bits per heavy atom. The SMILES string of the molecule is COc1ccccc1N(C)C(=O)NC(C(=O)O)C(C)(C)C. The second kappa shape index (κ2) is 6.47. The van der Waals surface area contributed by atoms with Crippen LogP contribution in [0.5, 0.6) is 5.75 Å². The maximum atomic E-state index is 12.3. The van der Waals surface area contributed by atoms with Crippen molar-refractivity contribution in [2.24, 2.45) is 5.41 Å². The van der Waals surface area contributed by atoms with E-state index in [0.29, 0.717) is 11.4 Å². The molecule has 0 spiro atoms. The molecule has 1 rings (SSSR count). The largest absolute Gasteiger partial charge is 0.495 e. The van der Waals surface area contributed by atoms with Gasteiger partial charge in [0.2, 0.25) is 0 Å². The third kappa shape index (κ3) is 4.11. The van der Waals surface area contributed by atoms with E-state index in [0.717, 1.165) is 0 Å². The van der Waals surface area contributed by atoms with Crippen molar-refractivity contribution in [2.45, 2.75) is 26.8 Å². The van der Waals surface area contributed by atoms with Crippen LogP contribution >= 0.6 is 0 Å². The molecule has 1 atom stereocenters. The minimum atomic E-state index is -1.07. The zero-order chi connectivity index (χ0) is 16.2. The van der Waals surface area contributed by atoms with Crippen LogP contribution in [-0.4, -0.2) is 37.3 Å². The lowest BCUT2D eigenvalue weighted by atomic mass is 9.87. The van der Waals surface area contributed by atoms with E-state index in [4.69, 9.17) is 4.74 Å². The van der Waals surface area contributed by atoms with Gasteiger partial charge in [0.05, 0.1) is 12.8 Å². The molecule has 21 heavy (non-hydrogen) atoms. The third-order valence-corrected chi connectivity index (χ3v) is 3.13. The Hall–Kier alpha value is -2.24. The van der Waals surface area contributed by atoms with Gasteiger partial charge in [-0.15, -0.1) is 0 Å². The number of aliphatic carboxylic acids is 1. The summed E-state index contributed by atoms with van der Waals surface area (Å²) in [5, 5.41) is 11.8. The molecule has 116 valence electrons. The van der Waals surface area contributed by atoms with Crippen molar-refractivity contribution in [2.75, 3.05) is 19.1 Å². The van der Waals surface area contributed by atoms with Crippen LogP contribution in [0.2, 0.25) is 0 Å². The standard InChI is InChI=1S/C15H22N2O4/c1-15(2,3)12(13(18)19)16-14(20)17(4)10-8-6-7-9-11(10)21-5/h6-9,12H,1-5H3,(H,16,20)(H,18,19). The number of para-hydroxylation sites is 2. The van der Waals surface area contributed by atoms with Crippen molar-refractivity contribution < 1.29 is 19.4 Å². The van der Waals surface area contributed by atoms with Gasteiger partial charge in [0.25, 0.3) is 0 Å². The first-order valence-electron chi connectivity index (χ1n) is 6.58. The minimum Gasteiger partial charge on any atom is -0.495 e. The quantitative estimate of drug-likeness (QED) is 0.893. The third-order valence-electron chi connectivity index (χ3n) is 3.13. The van der Waals surface area contributed by atoms with Gasteiger partial charge >= 0.3 is 12.0 Å². The number of nitrogens with zero attached hydrogens (tertiary/aromatic N) is 1. The van der Waals surface area contributed by atoms with Crippen molar-refractivity contribution in [1.29, 1.82) is 0 Å². The fraction of sp³-hybridized carbons (Fsp3) is 0.467. The molecule has 1 aromatic carbocycles. The van der Waals surface area contributed by atoms with Gasteiger partial charge in [-0.05, 0) is 17.5 Å². The second-order valence-electron chi connectivity index (χ2n) is 5.82. The number of benzene rings is 1. The molecule has 6 heteroatoms. The van der Waals surface area contributed by atoms with Gasteiger partial charge in [0.1, 0.15) is 11.8 Å². The van der Waals surface area contributed by atoms with Crippen LogP contribution in [-0.2, 0) is 4.79 Å². The summed E-state index contributed by atoms with van der Waals surface area (Å²) in [4.78, 5) is 24.9. The zero-order valence-electron chi connectivity index (χ0n) is 13.0. The van der Waals surface area contributed by atoms with Crippen LogP contribution in [0.4, 0.5) is 10.5 Å². The highest BCUT2D eigenvalue weighted by Crippen LogP contribution is 2.27. The molecular weight excluding hydrogens is 272 g/mol. The maximum absolute atomic E-state index is 12.3. The number of rotatable bonds is 4. The van der Waals surface area contributed by atoms with Crippen LogP contribution in [0, 0.1) is 5.41 Å². The molecule has 0 bridgehead atoms. The van der Waals surface area contributed by atoms with Crippen LogP contribution in [0.3, 0.4) is 0 Å². The van der Waals surface area contributed by atoms with Crippen molar-refractivity contribution in [3.8, 4) is 5.75 Å². The lowest BCUT2D eigenvalue weighted by Crippen LogP contribution is -2.52. The molecule has 0 fully saturated rings. The number of carbonyl (C=O) groups is 2. The number of nitrogens with one attached hydrogen (secondary N) is 1. The Morgan fingerprint density at radius 3 is 2.33 bits per heavy atom. The molecule has 2 N–H and O–H groups in total. The Balaban J connectivity index is 2.95. The molecule has 1 aromatic rings. The number of urea groups is 1. The topological polar surface area (TPSA) is 78.9 Å². The number of amides is 2. The molecule has 2 amide bonds. The molecule has 0 aromatic heterocycles. The van der Waals surface area contributed by atoms with E-state index < -0.39 is 23.5 Å². The van der Waals surface area contributed by atoms with Gasteiger partial charge in [0, 0.05) is 7.05 Å².